The fourth-order valence-electron chi connectivity index (χ4n) is 3.67. The molecule has 0 aliphatic carbocycles. The Morgan fingerprint density at radius 2 is 1.59 bits per heavy atom. The van der Waals surface area contributed by atoms with Gasteiger partial charge in [-0.15, -0.1) is 0 Å². The molecule has 1 N–H and O–H groups in total. The lowest BCUT2D eigenvalue weighted by molar-refractivity contribution is -0.0649. The van der Waals surface area contributed by atoms with Crippen LogP contribution in [0.5, 0.6) is 0 Å². The zero-order chi connectivity index (χ0) is 24.1. The molecule has 0 bridgehead atoms. The van der Waals surface area contributed by atoms with Gasteiger partial charge < -0.3 is 18.9 Å². The lowest BCUT2D eigenvalue weighted by Crippen LogP contribution is -2.40. The number of rotatable bonds is 7. The van der Waals surface area contributed by atoms with E-state index in [4.69, 9.17) is 31.2 Å². The molecule has 0 amide bonds. The van der Waals surface area contributed by atoms with Gasteiger partial charge in [0.15, 0.2) is 17.1 Å². The third kappa shape index (κ3) is 5.14. The van der Waals surface area contributed by atoms with Crippen LogP contribution in [0.15, 0.2) is 77.7 Å². The molecule has 1 saturated heterocycles. The van der Waals surface area contributed by atoms with E-state index in [1.165, 1.54) is 23.9 Å². The first-order valence-electron chi connectivity index (χ1n) is 10.5. The summed E-state index contributed by atoms with van der Waals surface area (Å²) in [6, 6.07) is 18.3. The van der Waals surface area contributed by atoms with E-state index < -0.39 is 36.5 Å². The summed E-state index contributed by atoms with van der Waals surface area (Å²) in [5, 5.41) is 0. The predicted molar refractivity (Wildman–Crippen MR) is 123 cm³/mol. The SMILES string of the molecule is CO[C@@H]1[C@H](OC(=O)c2ccccc2)[C@@H](COC(=O)c2ccccc2)O[C@H]1n1ccc(=O)[nH]c1=S. The summed E-state index contributed by atoms with van der Waals surface area (Å²) in [5.74, 6) is -1.13. The van der Waals surface area contributed by atoms with E-state index in [1.54, 1.807) is 60.7 Å². The zero-order valence-electron chi connectivity index (χ0n) is 18.2. The maximum absolute atomic E-state index is 12.8. The van der Waals surface area contributed by atoms with Crippen molar-refractivity contribution in [2.24, 2.45) is 0 Å². The summed E-state index contributed by atoms with van der Waals surface area (Å²) < 4.78 is 24.6. The number of nitrogens with zero attached hydrogens (tertiary/aromatic N) is 1. The molecule has 0 unspecified atom stereocenters. The quantitative estimate of drug-likeness (QED) is 0.405. The number of esters is 2. The third-order valence-electron chi connectivity index (χ3n) is 5.32. The van der Waals surface area contributed by atoms with E-state index in [1.807, 2.05) is 0 Å². The van der Waals surface area contributed by atoms with Crippen molar-refractivity contribution in [2.75, 3.05) is 13.7 Å². The van der Waals surface area contributed by atoms with Crippen LogP contribution in [0.4, 0.5) is 0 Å². The lowest BCUT2D eigenvalue weighted by Gasteiger charge is -2.24. The average Bonchev–Trinajstić information content (AvgIpc) is 3.20. The number of nitrogens with one attached hydrogen (secondary N) is 1. The molecule has 3 aromatic rings. The van der Waals surface area contributed by atoms with Gasteiger partial charge >= 0.3 is 11.9 Å². The molecule has 1 aromatic heterocycles. The molecule has 1 aliphatic heterocycles. The van der Waals surface area contributed by atoms with Gasteiger partial charge in [-0.1, -0.05) is 36.4 Å². The highest BCUT2D eigenvalue weighted by Crippen LogP contribution is 2.34. The standard InChI is InChI=1S/C24H22N2O7S/c1-30-20-19(33-23(29)16-10-6-3-7-11-16)17(14-31-22(28)15-8-4-2-5-9-15)32-21(20)26-13-12-18(27)25-24(26)34/h2-13,17,19-21H,14H2,1H3,(H,25,27,34)/t17-,19-,20-,21-/m1/s1. The van der Waals surface area contributed by atoms with Gasteiger partial charge in [0.2, 0.25) is 0 Å². The monoisotopic (exact) mass is 482 g/mol. The van der Waals surface area contributed by atoms with Crippen molar-refractivity contribution < 1.29 is 28.5 Å². The number of hydrogen-bond acceptors (Lipinski definition) is 8. The summed E-state index contributed by atoms with van der Waals surface area (Å²) in [6.45, 7) is -0.201. The molecule has 2 aromatic carbocycles. The minimum atomic E-state index is -0.930. The van der Waals surface area contributed by atoms with E-state index in [2.05, 4.69) is 4.98 Å². The molecular weight excluding hydrogens is 460 g/mol. The Bertz CT molecular complexity index is 1260. The predicted octanol–water partition coefficient (Wildman–Crippen LogP) is 2.90. The minimum absolute atomic E-state index is 0.106. The van der Waals surface area contributed by atoms with Crippen LogP contribution in [-0.2, 0) is 18.9 Å². The summed E-state index contributed by atoms with van der Waals surface area (Å²) in [4.78, 5) is 39.4. The molecule has 1 fully saturated rings. The number of ether oxygens (including phenoxy) is 4. The Morgan fingerprint density at radius 3 is 2.18 bits per heavy atom. The summed E-state index contributed by atoms with van der Waals surface area (Å²) in [5.41, 5.74) is 0.358. The molecule has 0 saturated carbocycles. The van der Waals surface area contributed by atoms with Crippen molar-refractivity contribution in [1.82, 2.24) is 9.55 Å². The second kappa shape index (κ2) is 10.6. The molecule has 34 heavy (non-hydrogen) atoms. The van der Waals surface area contributed by atoms with E-state index in [0.29, 0.717) is 11.1 Å². The minimum Gasteiger partial charge on any atom is -0.459 e. The molecule has 0 spiro atoms. The number of aromatic nitrogens is 2. The van der Waals surface area contributed by atoms with Gasteiger partial charge in [-0.25, -0.2) is 9.59 Å². The second-order valence-electron chi connectivity index (χ2n) is 7.48. The number of carbonyl (C=O) groups excluding carboxylic acids is 2. The largest absolute Gasteiger partial charge is 0.459 e. The van der Waals surface area contributed by atoms with Gasteiger partial charge in [-0.05, 0) is 36.5 Å². The first-order valence-corrected chi connectivity index (χ1v) is 10.9. The van der Waals surface area contributed by atoms with Crippen molar-refractivity contribution in [3.63, 3.8) is 0 Å². The molecule has 9 nitrogen and oxygen atoms in total. The average molecular weight is 483 g/mol. The van der Waals surface area contributed by atoms with Crippen LogP contribution in [0.3, 0.4) is 0 Å². The number of aromatic amines is 1. The Kier molecular flexibility index (Phi) is 7.31. The maximum Gasteiger partial charge on any atom is 0.338 e. The van der Waals surface area contributed by atoms with Crippen LogP contribution in [0.2, 0.25) is 0 Å². The van der Waals surface area contributed by atoms with E-state index in [0.717, 1.165) is 0 Å². The highest BCUT2D eigenvalue weighted by Gasteiger charge is 2.49. The van der Waals surface area contributed by atoms with Gasteiger partial charge in [0, 0.05) is 19.4 Å². The van der Waals surface area contributed by atoms with E-state index in [-0.39, 0.29) is 16.9 Å². The Balaban J connectivity index is 1.60. The third-order valence-corrected chi connectivity index (χ3v) is 5.64. The van der Waals surface area contributed by atoms with Gasteiger partial charge in [0.25, 0.3) is 5.56 Å². The van der Waals surface area contributed by atoms with Crippen LogP contribution in [0, 0.1) is 4.77 Å². The lowest BCUT2D eigenvalue weighted by atomic mass is 10.1. The molecular formula is C24H22N2O7S. The Morgan fingerprint density at radius 1 is 0.971 bits per heavy atom. The number of benzene rings is 2. The fourth-order valence-corrected chi connectivity index (χ4v) is 3.93. The smallest absolute Gasteiger partial charge is 0.338 e. The van der Waals surface area contributed by atoms with Crippen LogP contribution in [0.1, 0.15) is 26.9 Å². The van der Waals surface area contributed by atoms with Crippen molar-refractivity contribution in [3.05, 3.63) is 99.2 Å². The van der Waals surface area contributed by atoms with Gasteiger partial charge in [-0.2, -0.15) is 0 Å². The van der Waals surface area contributed by atoms with E-state index >= 15 is 0 Å². The number of hydrogen-bond donors (Lipinski definition) is 1. The zero-order valence-corrected chi connectivity index (χ0v) is 19.0. The summed E-state index contributed by atoms with van der Waals surface area (Å²) >= 11 is 5.27. The molecule has 1 aliphatic rings. The summed E-state index contributed by atoms with van der Waals surface area (Å²) in [7, 11) is 1.44. The first kappa shape index (κ1) is 23.6. The van der Waals surface area contributed by atoms with Crippen molar-refractivity contribution in [2.45, 2.75) is 24.5 Å². The maximum atomic E-state index is 12.8. The number of methoxy groups -OCH3 is 1. The van der Waals surface area contributed by atoms with E-state index in [9.17, 15) is 14.4 Å². The second-order valence-corrected chi connectivity index (χ2v) is 7.87. The van der Waals surface area contributed by atoms with Crippen molar-refractivity contribution in [3.8, 4) is 0 Å². The number of carbonyl (C=O) groups is 2. The normalized spacial score (nSPS) is 21.7. The molecule has 0 radical (unpaired) electrons. The summed E-state index contributed by atoms with van der Waals surface area (Å²) in [6.07, 6.45) is -1.97. The molecule has 176 valence electrons. The Labute approximate surface area is 199 Å². The molecule has 4 atom stereocenters. The van der Waals surface area contributed by atoms with Gasteiger partial charge in [0.05, 0.1) is 11.1 Å². The Hall–Kier alpha value is -3.60. The fraction of sp³-hybridized carbons (Fsp3) is 0.250. The molecule has 4 rings (SSSR count). The van der Waals surface area contributed by atoms with Crippen LogP contribution >= 0.6 is 12.2 Å². The molecule has 2 heterocycles. The van der Waals surface area contributed by atoms with Crippen molar-refractivity contribution >= 4 is 24.2 Å². The number of H-pyrrole nitrogens is 1. The topological polar surface area (TPSA) is 109 Å². The molecule has 10 heteroatoms. The highest BCUT2D eigenvalue weighted by atomic mass is 32.1. The van der Waals surface area contributed by atoms with Gasteiger partial charge in [0.1, 0.15) is 18.8 Å². The van der Waals surface area contributed by atoms with Crippen LogP contribution in [-0.4, -0.2) is 53.5 Å². The van der Waals surface area contributed by atoms with Crippen LogP contribution < -0.4 is 5.56 Å². The van der Waals surface area contributed by atoms with Crippen LogP contribution in [0.25, 0.3) is 0 Å². The van der Waals surface area contributed by atoms with Gasteiger partial charge in [-0.3, -0.25) is 14.3 Å². The first-order chi connectivity index (χ1) is 16.5. The van der Waals surface area contributed by atoms with Crippen molar-refractivity contribution in [1.29, 1.82) is 0 Å². The highest BCUT2D eigenvalue weighted by molar-refractivity contribution is 7.71.